The molecule has 1 amide bonds. The van der Waals surface area contributed by atoms with Gasteiger partial charge in [-0.2, -0.15) is 0 Å². The predicted molar refractivity (Wildman–Crippen MR) is 118 cm³/mol. The zero-order valence-corrected chi connectivity index (χ0v) is 18.3. The first-order valence-corrected chi connectivity index (χ1v) is 10.8. The highest BCUT2D eigenvalue weighted by Gasteiger charge is 2.25. The average molecular weight is 460 g/mol. The van der Waals surface area contributed by atoms with Gasteiger partial charge in [-0.25, -0.2) is 12.8 Å². The summed E-state index contributed by atoms with van der Waals surface area (Å²) >= 11 is 0. The number of anilines is 2. The van der Waals surface area contributed by atoms with Gasteiger partial charge in [-0.3, -0.25) is 9.52 Å². The van der Waals surface area contributed by atoms with Crippen molar-refractivity contribution in [3.8, 4) is 17.2 Å². The van der Waals surface area contributed by atoms with Crippen molar-refractivity contribution in [3.63, 3.8) is 0 Å². The summed E-state index contributed by atoms with van der Waals surface area (Å²) in [4.78, 5) is 12.6. The molecule has 0 aliphatic heterocycles. The van der Waals surface area contributed by atoms with Crippen LogP contribution in [0, 0.1) is 5.82 Å². The zero-order chi connectivity index (χ0) is 23.3. The van der Waals surface area contributed by atoms with E-state index in [4.69, 9.17) is 14.2 Å². The molecule has 3 aromatic rings. The number of amides is 1. The van der Waals surface area contributed by atoms with Gasteiger partial charge in [0.2, 0.25) is 0 Å². The molecule has 0 heterocycles. The summed E-state index contributed by atoms with van der Waals surface area (Å²) in [6.45, 7) is 0. The van der Waals surface area contributed by atoms with Crippen LogP contribution >= 0.6 is 0 Å². The second-order valence-electron chi connectivity index (χ2n) is 6.47. The third-order valence-corrected chi connectivity index (χ3v) is 5.82. The summed E-state index contributed by atoms with van der Waals surface area (Å²) in [6.07, 6.45) is 0. The van der Waals surface area contributed by atoms with Gasteiger partial charge in [0.1, 0.15) is 11.6 Å². The van der Waals surface area contributed by atoms with Crippen molar-refractivity contribution in [1.82, 2.24) is 0 Å². The Morgan fingerprint density at radius 2 is 1.59 bits per heavy atom. The van der Waals surface area contributed by atoms with Gasteiger partial charge >= 0.3 is 0 Å². The smallest absolute Gasteiger partial charge is 0.262 e. The average Bonchev–Trinajstić information content (AvgIpc) is 2.79. The maximum atomic E-state index is 14.0. The van der Waals surface area contributed by atoms with Crippen LogP contribution < -0.4 is 24.2 Å². The molecule has 32 heavy (non-hydrogen) atoms. The Balaban J connectivity index is 2.01. The molecule has 3 rings (SSSR count). The summed E-state index contributed by atoms with van der Waals surface area (Å²) < 4.78 is 57.5. The minimum atomic E-state index is -4.25. The lowest BCUT2D eigenvalue weighted by Crippen LogP contribution is -2.18. The van der Waals surface area contributed by atoms with Gasteiger partial charge in [-0.1, -0.05) is 12.1 Å². The molecule has 0 aliphatic carbocycles. The number of benzene rings is 3. The lowest BCUT2D eigenvalue weighted by Gasteiger charge is -2.16. The van der Waals surface area contributed by atoms with E-state index in [1.165, 1.54) is 45.6 Å². The van der Waals surface area contributed by atoms with E-state index in [0.717, 1.165) is 12.1 Å². The van der Waals surface area contributed by atoms with Crippen LogP contribution in [0.5, 0.6) is 17.2 Å². The van der Waals surface area contributed by atoms with Gasteiger partial charge < -0.3 is 19.5 Å². The molecule has 0 radical (unpaired) electrons. The van der Waals surface area contributed by atoms with Crippen molar-refractivity contribution in [2.75, 3.05) is 31.4 Å². The summed E-state index contributed by atoms with van der Waals surface area (Å²) in [5.41, 5.74) is 0.137. The fourth-order valence-corrected chi connectivity index (χ4v) is 3.99. The van der Waals surface area contributed by atoms with Crippen LogP contribution in [0.3, 0.4) is 0 Å². The summed E-state index contributed by atoms with van der Waals surface area (Å²) in [5.74, 6) is -0.705. The van der Waals surface area contributed by atoms with Crippen LogP contribution in [0.4, 0.5) is 15.8 Å². The largest absolute Gasteiger partial charge is 0.497 e. The van der Waals surface area contributed by atoms with Gasteiger partial charge in [-0.05, 0) is 42.5 Å². The summed E-state index contributed by atoms with van der Waals surface area (Å²) in [7, 11) is -0.0971. The van der Waals surface area contributed by atoms with Crippen molar-refractivity contribution in [1.29, 1.82) is 0 Å². The maximum absolute atomic E-state index is 14.0. The molecule has 0 saturated heterocycles. The van der Waals surface area contributed by atoms with E-state index in [-0.39, 0.29) is 27.6 Å². The highest BCUT2D eigenvalue weighted by Crippen LogP contribution is 2.35. The molecule has 0 saturated carbocycles. The number of methoxy groups -OCH3 is 3. The molecule has 0 spiro atoms. The first kappa shape index (κ1) is 22.9. The number of hydrogen-bond donors (Lipinski definition) is 2. The Morgan fingerprint density at radius 1 is 0.906 bits per heavy atom. The Morgan fingerprint density at radius 3 is 2.19 bits per heavy atom. The number of ether oxygens (including phenoxy) is 3. The minimum absolute atomic E-state index is 0.0174. The molecule has 0 aromatic heterocycles. The number of carbonyl (C=O) groups excluding carboxylic acids is 1. The normalized spacial score (nSPS) is 10.9. The SMILES string of the molecule is COc1ccc(NC(=O)c2cc(S(=O)(=O)Nc3ccccc3F)cc(OC)c2OC)cc1. The topological polar surface area (TPSA) is 103 Å². The first-order valence-electron chi connectivity index (χ1n) is 9.28. The lowest BCUT2D eigenvalue weighted by molar-refractivity contribution is 0.102. The molecule has 0 aliphatic rings. The van der Waals surface area contributed by atoms with Crippen LogP contribution in [0.2, 0.25) is 0 Å². The summed E-state index contributed by atoms with van der Waals surface area (Å²) in [5, 5.41) is 2.67. The molecular weight excluding hydrogens is 439 g/mol. The van der Waals surface area contributed by atoms with Crippen LogP contribution in [0.1, 0.15) is 10.4 Å². The molecule has 0 atom stereocenters. The number of halogens is 1. The quantitative estimate of drug-likeness (QED) is 0.529. The Hall–Kier alpha value is -3.79. The molecule has 168 valence electrons. The van der Waals surface area contributed by atoms with Gasteiger partial charge in [0.25, 0.3) is 15.9 Å². The van der Waals surface area contributed by atoms with Crippen molar-refractivity contribution < 1.29 is 31.8 Å². The first-order chi connectivity index (χ1) is 15.3. The highest BCUT2D eigenvalue weighted by atomic mass is 32.2. The molecule has 3 aromatic carbocycles. The van der Waals surface area contributed by atoms with Crippen LogP contribution in [-0.4, -0.2) is 35.7 Å². The number of nitrogens with one attached hydrogen (secondary N) is 2. The molecule has 0 bridgehead atoms. The van der Waals surface area contributed by atoms with Crippen molar-refractivity contribution in [2.24, 2.45) is 0 Å². The number of carbonyl (C=O) groups is 1. The number of hydrogen-bond acceptors (Lipinski definition) is 6. The van der Waals surface area contributed by atoms with Gasteiger partial charge in [0.05, 0.1) is 37.5 Å². The fraction of sp³-hybridized carbons (Fsp3) is 0.136. The van der Waals surface area contributed by atoms with Crippen molar-refractivity contribution >= 4 is 27.3 Å². The predicted octanol–water partition coefficient (Wildman–Crippen LogP) is 3.90. The highest BCUT2D eigenvalue weighted by molar-refractivity contribution is 7.92. The molecule has 10 heteroatoms. The fourth-order valence-electron chi connectivity index (χ4n) is 2.88. The summed E-state index contributed by atoms with van der Waals surface area (Å²) in [6, 6.07) is 14.2. The molecule has 2 N–H and O–H groups in total. The van der Waals surface area contributed by atoms with E-state index in [1.807, 2.05) is 0 Å². The van der Waals surface area contributed by atoms with E-state index in [1.54, 1.807) is 24.3 Å². The van der Waals surface area contributed by atoms with E-state index in [2.05, 4.69) is 10.0 Å². The monoisotopic (exact) mass is 460 g/mol. The number of sulfonamides is 1. The third kappa shape index (κ3) is 4.92. The van der Waals surface area contributed by atoms with Gasteiger partial charge in [0.15, 0.2) is 11.5 Å². The van der Waals surface area contributed by atoms with Crippen molar-refractivity contribution in [2.45, 2.75) is 4.90 Å². The standard InChI is InChI=1S/C22H21FN2O6S/c1-29-15-10-8-14(9-11-15)24-22(26)17-12-16(13-20(30-2)21(17)31-3)32(27,28)25-19-7-5-4-6-18(19)23/h4-13,25H,1-3H3,(H,24,26). The third-order valence-electron chi connectivity index (χ3n) is 4.47. The Kier molecular flexibility index (Phi) is 6.84. The molecule has 8 nitrogen and oxygen atoms in total. The molecule has 0 unspecified atom stereocenters. The van der Waals surface area contributed by atoms with E-state index in [9.17, 15) is 17.6 Å². The van der Waals surface area contributed by atoms with Crippen molar-refractivity contribution in [3.05, 3.63) is 72.0 Å². The number of rotatable bonds is 8. The maximum Gasteiger partial charge on any atom is 0.262 e. The van der Waals surface area contributed by atoms with E-state index >= 15 is 0 Å². The second-order valence-corrected chi connectivity index (χ2v) is 8.16. The molecule has 0 fully saturated rings. The number of para-hydroxylation sites is 1. The van der Waals surface area contributed by atoms with Crippen LogP contribution in [0.25, 0.3) is 0 Å². The van der Waals surface area contributed by atoms with E-state index in [0.29, 0.717) is 11.4 Å². The lowest BCUT2D eigenvalue weighted by atomic mass is 10.1. The molecular formula is C22H21FN2O6S. The zero-order valence-electron chi connectivity index (χ0n) is 17.5. The van der Waals surface area contributed by atoms with Gasteiger partial charge in [0, 0.05) is 11.8 Å². The second kappa shape index (κ2) is 9.56. The van der Waals surface area contributed by atoms with Crippen LogP contribution in [0.15, 0.2) is 65.6 Å². The van der Waals surface area contributed by atoms with Crippen LogP contribution in [-0.2, 0) is 10.0 Å². The Labute approximate surface area is 185 Å². The minimum Gasteiger partial charge on any atom is -0.497 e. The van der Waals surface area contributed by atoms with Gasteiger partial charge in [-0.15, -0.1) is 0 Å². The Bertz CT molecular complexity index is 1230. The van der Waals surface area contributed by atoms with E-state index < -0.39 is 21.7 Å².